The van der Waals surface area contributed by atoms with Crippen molar-refractivity contribution in [2.45, 2.75) is 19.0 Å². The molecule has 0 spiro atoms. The van der Waals surface area contributed by atoms with Crippen molar-refractivity contribution < 1.29 is 13.2 Å². The zero-order chi connectivity index (χ0) is 13.6. The molecular formula is C14H15F3N2. The second-order valence-electron chi connectivity index (χ2n) is 5.14. The minimum Gasteiger partial charge on any atom is -0.358 e. The van der Waals surface area contributed by atoms with Crippen LogP contribution in [0.15, 0.2) is 18.2 Å². The van der Waals surface area contributed by atoms with Crippen LogP contribution in [0.1, 0.15) is 16.8 Å². The molecule has 1 aromatic carbocycles. The normalized spacial score (nSPS) is 17.5. The van der Waals surface area contributed by atoms with Gasteiger partial charge in [0.15, 0.2) is 0 Å². The van der Waals surface area contributed by atoms with E-state index < -0.39 is 11.7 Å². The number of nitrogens with zero attached hydrogens (tertiary/aromatic N) is 1. The first-order valence-corrected chi connectivity index (χ1v) is 6.34. The van der Waals surface area contributed by atoms with Gasteiger partial charge in [-0.3, -0.25) is 0 Å². The Morgan fingerprint density at radius 1 is 1.16 bits per heavy atom. The number of fused-ring (bicyclic) bond motifs is 3. The minimum absolute atomic E-state index is 0.589. The number of nitrogens with one attached hydrogen (secondary N) is 1. The molecule has 2 heterocycles. The van der Waals surface area contributed by atoms with Crippen LogP contribution in [0.5, 0.6) is 0 Å². The van der Waals surface area contributed by atoms with Crippen LogP contribution in [0, 0.1) is 0 Å². The highest BCUT2D eigenvalue weighted by atomic mass is 19.4. The molecular weight excluding hydrogens is 253 g/mol. The lowest BCUT2D eigenvalue weighted by molar-refractivity contribution is -0.137. The number of aromatic amines is 1. The fourth-order valence-corrected chi connectivity index (χ4v) is 2.70. The Labute approximate surface area is 109 Å². The molecule has 0 aliphatic carbocycles. The number of hydrogen-bond donors (Lipinski definition) is 1. The van der Waals surface area contributed by atoms with Crippen LogP contribution < -0.4 is 0 Å². The summed E-state index contributed by atoms with van der Waals surface area (Å²) in [4.78, 5) is 5.40. The fourth-order valence-electron chi connectivity index (χ4n) is 2.70. The van der Waals surface area contributed by atoms with Gasteiger partial charge in [0.1, 0.15) is 0 Å². The molecule has 0 saturated carbocycles. The maximum Gasteiger partial charge on any atom is 0.416 e. The number of H-pyrrole nitrogens is 1. The molecule has 1 aromatic heterocycles. The van der Waals surface area contributed by atoms with Crippen LogP contribution in [0.25, 0.3) is 10.9 Å². The van der Waals surface area contributed by atoms with Gasteiger partial charge in [0.25, 0.3) is 0 Å². The number of rotatable bonds is 0. The van der Waals surface area contributed by atoms with E-state index in [-0.39, 0.29) is 0 Å². The summed E-state index contributed by atoms with van der Waals surface area (Å²) >= 11 is 0. The van der Waals surface area contributed by atoms with Gasteiger partial charge in [-0.15, -0.1) is 0 Å². The number of alkyl halides is 3. The molecule has 1 aliphatic rings. The summed E-state index contributed by atoms with van der Waals surface area (Å²) in [7, 11) is 2.07. The quantitative estimate of drug-likeness (QED) is 0.777. The van der Waals surface area contributed by atoms with Crippen molar-refractivity contribution in [3.63, 3.8) is 0 Å². The molecule has 19 heavy (non-hydrogen) atoms. The summed E-state index contributed by atoms with van der Waals surface area (Å²) in [5.74, 6) is 0. The largest absolute Gasteiger partial charge is 0.416 e. The molecule has 3 rings (SSSR count). The Morgan fingerprint density at radius 3 is 2.63 bits per heavy atom. The van der Waals surface area contributed by atoms with Crippen LogP contribution in [-0.4, -0.2) is 30.0 Å². The van der Waals surface area contributed by atoms with Crippen molar-refractivity contribution >= 4 is 10.9 Å². The lowest BCUT2D eigenvalue weighted by Crippen LogP contribution is -2.21. The third-order valence-electron chi connectivity index (χ3n) is 3.81. The van der Waals surface area contributed by atoms with Crippen molar-refractivity contribution in [1.82, 2.24) is 9.88 Å². The van der Waals surface area contributed by atoms with Gasteiger partial charge < -0.3 is 9.88 Å². The van der Waals surface area contributed by atoms with E-state index in [9.17, 15) is 13.2 Å². The fraction of sp³-hybridized carbons (Fsp3) is 0.429. The van der Waals surface area contributed by atoms with Crippen LogP contribution in [-0.2, 0) is 19.0 Å². The second-order valence-corrected chi connectivity index (χ2v) is 5.14. The van der Waals surface area contributed by atoms with Crippen molar-refractivity contribution in [3.8, 4) is 0 Å². The number of halogens is 3. The Morgan fingerprint density at radius 2 is 1.89 bits per heavy atom. The van der Waals surface area contributed by atoms with E-state index in [4.69, 9.17) is 0 Å². The average Bonchev–Trinajstić information content (AvgIpc) is 2.59. The van der Waals surface area contributed by atoms with Crippen molar-refractivity contribution in [1.29, 1.82) is 0 Å². The van der Waals surface area contributed by atoms with Gasteiger partial charge in [-0.1, -0.05) is 6.07 Å². The predicted molar refractivity (Wildman–Crippen MR) is 68.2 cm³/mol. The topological polar surface area (TPSA) is 19.0 Å². The molecule has 0 fully saturated rings. The molecule has 2 aromatic rings. The molecule has 102 valence electrons. The summed E-state index contributed by atoms with van der Waals surface area (Å²) in [6.45, 7) is 1.88. The van der Waals surface area contributed by atoms with Crippen LogP contribution >= 0.6 is 0 Å². The molecule has 2 nitrogen and oxygen atoms in total. The summed E-state index contributed by atoms with van der Waals surface area (Å²) in [5.41, 5.74) is 2.27. The summed E-state index contributed by atoms with van der Waals surface area (Å²) in [6.07, 6.45) is -2.53. The zero-order valence-corrected chi connectivity index (χ0v) is 10.6. The van der Waals surface area contributed by atoms with Crippen LogP contribution in [0.3, 0.4) is 0 Å². The monoisotopic (exact) mass is 268 g/mol. The first kappa shape index (κ1) is 12.5. The summed E-state index contributed by atoms with van der Waals surface area (Å²) in [6, 6.07) is 3.98. The maximum absolute atomic E-state index is 12.7. The smallest absolute Gasteiger partial charge is 0.358 e. The molecule has 1 aliphatic heterocycles. The number of likely N-dealkylation sites (N-methyl/N-ethyl adjacent to an activating group) is 1. The maximum atomic E-state index is 12.7. The second kappa shape index (κ2) is 4.27. The highest BCUT2D eigenvalue weighted by Crippen LogP contribution is 2.33. The van der Waals surface area contributed by atoms with E-state index in [2.05, 4.69) is 16.9 Å². The van der Waals surface area contributed by atoms with Gasteiger partial charge in [-0.2, -0.15) is 13.2 Å². The van der Waals surface area contributed by atoms with Gasteiger partial charge >= 0.3 is 6.18 Å². The molecule has 0 unspecified atom stereocenters. The summed E-state index contributed by atoms with van der Waals surface area (Å²) in [5, 5.41) is 0.929. The number of hydrogen-bond acceptors (Lipinski definition) is 1. The van der Waals surface area contributed by atoms with E-state index in [0.717, 1.165) is 37.0 Å². The van der Waals surface area contributed by atoms with Crippen LogP contribution in [0.4, 0.5) is 13.2 Å². The van der Waals surface area contributed by atoms with E-state index in [0.29, 0.717) is 5.52 Å². The van der Waals surface area contributed by atoms with E-state index in [1.54, 1.807) is 6.07 Å². The molecule has 1 N–H and O–H groups in total. The average molecular weight is 268 g/mol. The highest BCUT2D eigenvalue weighted by Gasteiger charge is 2.31. The lowest BCUT2D eigenvalue weighted by atomic mass is 10.1. The SMILES string of the molecule is CN1CCc2[nH]c3cc(C(F)(F)F)ccc3c2CC1. The van der Waals surface area contributed by atoms with Gasteiger partial charge in [-0.25, -0.2) is 0 Å². The van der Waals surface area contributed by atoms with Gasteiger partial charge in [-0.05, 0) is 31.2 Å². The standard InChI is InChI=1S/C14H15F3N2/c1-19-6-4-11-10-3-2-9(14(15,16)17)8-13(10)18-12(11)5-7-19/h2-3,8,18H,4-7H2,1H3. The zero-order valence-electron chi connectivity index (χ0n) is 10.6. The Kier molecular flexibility index (Phi) is 2.82. The Bertz CT molecular complexity index is 613. The third-order valence-corrected chi connectivity index (χ3v) is 3.81. The first-order chi connectivity index (χ1) is 8.95. The molecule has 0 atom stereocenters. The Hall–Kier alpha value is -1.49. The third kappa shape index (κ3) is 2.23. The van der Waals surface area contributed by atoms with Crippen molar-refractivity contribution in [2.75, 3.05) is 20.1 Å². The van der Waals surface area contributed by atoms with Gasteiger partial charge in [0.05, 0.1) is 5.56 Å². The van der Waals surface area contributed by atoms with E-state index in [1.165, 1.54) is 17.7 Å². The van der Waals surface area contributed by atoms with Crippen molar-refractivity contribution in [3.05, 3.63) is 35.0 Å². The molecule has 5 heteroatoms. The van der Waals surface area contributed by atoms with E-state index >= 15 is 0 Å². The molecule has 0 saturated heterocycles. The van der Waals surface area contributed by atoms with Crippen LogP contribution in [0.2, 0.25) is 0 Å². The van der Waals surface area contributed by atoms with E-state index in [1.807, 2.05) is 0 Å². The number of benzene rings is 1. The number of aromatic nitrogens is 1. The highest BCUT2D eigenvalue weighted by molar-refractivity contribution is 5.85. The molecule has 0 bridgehead atoms. The minimum atomic E-state index is -4.28. The van der Waals surface area contributed by atoms with Gasteiger partial charge in [0, 0.05) is 36.1 Å². The lowest BCUT2D eigenvalue weighted by Gasteiger charge is -2.11. The molecule has 0 amide bonds. The van der Waals surface area contributed by atoms with Gasteiger partial charge in [0.2, 0.25) is 0 Å². The predicted octanol–water partition coefficient (Wildman–Crippen LogP) is 3.22. The summed E-state index contributed by atoms with van der Waals surface area (Å²) < 4.78 is 38.1. The first-order valence-electron chi connectivity index (χ1n) is 6.34. The van der Waals surface area contributed by atoms with Crippen molar-refractivity contribution in [2.24, 2.45) is 0 Å². The Balaban J connectivity index is 2.09. The molecule has 0 radical (unpaired) electrons.